The zero-order valence-corrected chi connectivity index (χ0v) is 10.8. The summed E-state index contributed by atoms with van der Waals surface area (Å²) in [5.74, 6) is -1.24. The van der Waals surface area contributed by atoms with Crippen LogP contribution < -0.4 is 11.5 Å². The Labute approximate surface area is 115 Å². The summed E-state index contributed by atoms with van der Waals surface area (Å²) in [6.45, 7) is 0.640. The highest BCUT2D eigenvalue weighted by Crippen LogP contribution is 2.19. The van der Waals surface area contributed by atoms with Gasteiger partial charge in [0.1, 0.15) is 11.5 Å². The van der Waals surface area contributed by atoms with Crippen LogP contribution in [0.2, 0.25) is 0 Å². The fourth-order valence-electron chi connectivity index (χ4n) is 1.96. The van der Waals surface area contributed by atoms with E-state index in [0.29, 0.717) is 23.9 Å². The fraction of sp³-hybridized carbons (Fsp3) is 0.231. The molecule has 0 spiro atoms. The Morgan fingerprint density at radius 3 is 2.80 bits per heavy atom. The lowest BCUT2D eigenvalue weighted by Gasteiger charge is -2.19. The van der Waals surface area contributed by atoms with Crippen molar-refractivity contribution in [3.63, 3.8) is 0 Å². The Hall–Kier alpha value is -2.41. The van der Waals surface area contributed by atoms with Crippen LogP contribution >= 0.6 is 0 Å². The van der Waals surface area contributed by atoms with E-state index in [4.69, 9.17) is 16.9 Å². The number of guanidine groups is 1. The number of hydrogen-bond donors (Lipinski definition) is 4. The summed E-state index contributed by atoms with van der Waals surface area (Å²) >= 11 is 0. The second kappa shape index (κ2) is 5.70. The van der Waals surface area contributed by atoms with E-state index in [1.54, 1.807) is 12.1 Å². The number of benzene rings is 1. The second-order valence-corrected chi connectivity index (χ2v) is 4.37. The molecule has 0 unspecified atom stereocenters. The second-order valence-electron chi connectivity index (χ2n) is 4.37. The maximum atomic E-state index is 13.6. The van der Waals surface area contributed by atoms with Gasteiger partial charge in [-0.3, -0.25) is 15.1 Å². The van der Waals surface area contributed by atoms with Gasteiger partial charge >= 0.3 is 0 Å². The van der Waals surface area contributed by atoms with Crippen LogP contribution in [-0.2, 0) is 0 Å². The summed E-state index contributed by atoms with van der Waals surface area (Å²) in [7, 11) is 0. The molecule has 0 aliphatic rings. The number of nitrogens with one attached hydrogen (secondary N) is 2. The lowest BCUT2D eigenvalue weighted by molar-refractivity contribution is 0.0839. The summed E-state index contributed by atoms with van der Waals surface area (Å²) in [6, 6.07) is 5.97. The van der Waals surface area contributed by atoms with Gasteiger partial charge in [0.25, 0.3) is 5.91 Å². The van der Waals surface area contributed by atoms with E-state index in [2.05, 4.69) is 4.98 Å². The van der Waals surface area contributed by atoms with Crippen molar-refractivity contribution < 1.29 is 9.18 Å². The van der Waals surface area contributed by atoms with Gasteiger partial charge in [-0.2, -0.15) is 0 Å². The molecule has 0 radical (unpaired) electrons. The molecule has 1 heterocycles. The highest BCUT2D eigenvalue weighted by atomic mass is 19.1. The van der Waals surface area contributed by atoms with Crippen molar-refractivity contribution >= 4 is 22.8 Å². The molecule has 106 valence electrons. The molecule has 2 aromatic rings. The Bertz CT molecular complexity index is 651. The van der Waals surface area contributed by atoms with Crippen molar-refractivity contribution in [3.05, 3.63) is 35.8 Å². The predicted molar refractivity (Wildman–Crippen MR) is 74.9 cm³/mol. The van der Waals surface area contributed by atoms with E-state index < -0.39 is 11.7 Å². The SMILES string of the molecule is N=C(N)N(CCCN)C(=O)c1cc2c(F)cccc2[nH]1. The smallest absolute Gasteiger partial charge is 0.277 e. The van der Waals surface area contributed by atoms with Crippen LogP contribution in [0.3, 0.4) is 0 Å². The number of nitrogens with zero attached hydrogens (tertiary/aromatic N) is 1. The number of carbonyl (C=O) groups excluding carboxylic acids is 1. The largest absolute Gasteiger partial charge is 0.370 e. The monoisotopic (exact) mass is 277 g/mol. The summed E-state index contributed by atoms with van der Waals surface area (Å²) in [4.78, 5) is 16.2. The van der Waals surface area contributed by atoms with Gasteiger partial charge in [-0.15, -0.1) is 0 Å². The molecule has 0 aliphatic heterocycles. The number of amides is 1. The molecule has 0 saturated heterocycles. The van der Waals surface area contributed by atoms with Gasteiger partial charge in [-0.1, -0.05) is 6.07 Å². The number of rotatable bonds is 4. The molecule has 1 aromatic heterocycles. The minimum absolute atomic E-state index is 0.192. The molecule has 1 amide bonds. The van der Waals surface area contributed by atoms with E-state index in [-0.39, 0.29) is 18.2 Å². The number of carbonyl (C=O) groups is 1. The van der Waals surface area contributed by atoms with Gasteiger partial charge in [0, 0.05) is 17.4 Å². The summed E-state index contributed by atoms with van der Waals surface area (Å²) < 4.78 is 13.6. The number of aromatic nitrogens is 1. The first-order chi connectivity index (χ1) is 9.54. The molecular weight excluding hydrogens is 261 g/mol. The van der Waals surface area contributed by atoms with Crippen molar-refractivity contribution in [2.75, 3.05) is 13.1 Å². The van der Waals surface area contributed by atoms with Crippen LogP contribution in [0.5, 0.6) is 0 Å². The normalized spacial score (nSPS) is 10.7. The molecule has 0 saturated carbocycles. The third-order valence-electron chi connectivity index (χ3n) is 2.96. The van der Waals surface area contributed by atoms with Gasteiger partial charge in [0.2, 0.25) is 0 Å². The van der Waals surface area contributed by atoms with E-state index in [1.807, 2.05) is 0 Å². The quantitative estimate of drug-likeness (QED) is 0.494. The van der Waals surface area contributed by atoms with Crippen molar-refractivity contribution in [2.45, 2.75) is 6.42 Å². The Balaban J connectivity index is 2.33. The topological polar surface area (TPSA) is 112 Å². The van der Waals surface area contributed by atoms with Gasteiger partial charge in [0.05, 0.1) is 0 Å². The molecule has 7 heteroatoms. The fourth-order valence-corrected chi connectivity index (χ4v) is 1.96. The average molecular weight is 277 g/mol. The maximum Gasteiger partial charge on any atom is 0.277 e. The molecular formula is C13H16FN5O. The Kier molecular flexibility index (Phi) is 3.99. The minimum atomic E-state index is -0.471. The lowest BCUT2D eigenvalue weighted by Crippen LogP contribution is -2.42. The Morgan fingerprint density at radius 1 is 1.45 bits per heavy atom. The maximum absolute atomic E-state index is 13.6. The van der Waals surface area contributed by atoms with Crippen molar-refractivity contribution in [3.8, 4) is 0 Å². The molecule has 6 nitrogen and oxygen atoms in total. The number of H-pyrrole nitrogens is 1. The molecule has 0 aliphatic carbocycles. The van der Waals surface area contributed by atoms with Crippen molar-refractivity contribution in [2.24, 2.45) is 11.5 Å². The molecule has 1 aromatic carbocycles. The van der Waals surface area contributed by atoms with Gasteiger partial charge in [-0.25, -0.2) is 4.39 Å². The van der Waals surface area contributed by atoms with E-state index in [9.17, 15) is 9.18 Å². The van der Waals surface area contributed by atoms with E-state index >= 15 is 0 Å². The van der Waals surface area contributed by atoms with Crippen LogP contribution in [-0.4, -0.2) is 34.8 Å². The van der Waals surface area contributed by atoms with Crippen molar-refractivity contribution in [1.29, 1.82) is 5.41 Å². The molecule has 0 atom stereocenters. The lowest BCUT2D eigenvalue weighted by atomic mass is 10.2. The van der Waals surface area contributed by atoms with Gasteiger partial charge < -0.3 is 16.5 Å². The van der Waals surface area contributed by atoms with Crippen molar-refractivity contribution in [1.82, 2.24) is 9.88 Å². The summed E-state index contributed by atoms with van der Waals surface area (Å²) in [5, 5.41) is 7.77. The van der Waals surface area contributed by atoms with Crippen LogP contribution in [0.4, 0.5) is 4.39 Å². The first-order valence-corrected chi connectivity index (χ1v) is 6.17. The van der Waals surface area contributed by atoms with Crippen LogP contribution in [0.1, 0.15) is 16.9 Å². The van der Waals surface area contributed by atoms with Crippen LogP contribution in [0, 0.1) is 11.2 Å². The number of halogens is 1. The zero-order valence-electron chi connectivity index (χ0n) is 10.8. The van der Waals surface area contributed by atoms with Crippen LogP contribution in [0.25, 0.3) is 10.9 Å². The molecule has 20 heavy (non-hydrogen) atoms. The highest BCUT2D eigenvalue weighted by molar-refractivity contribution is 6.05. The first-order valence-electron chi connectivity index (χ1n) is 6.17. The van der Waals surface area contributed by atoms with Gasteiger partial charge in [0.15, 0.2) is 5.96 Å². The zero-order chi connectivity index (χ0) is 14.7. The standard InChI is InChI=1S/C13H16FN5O/c14-9-3-1-4-10-8(9)7-11(18-10)12(20)19(13(16)17)6-2-5-15/h1,3-4,7,18H,2,5-6,15H2,(H3,16,17). The molecule has 0 bridgehead atoms. The van der Waals surface area contributed by atoms with Gasteiger partial charge in [-0.05, 0) is 31.2 Å². The molecule has 0 fully saturated rings. The highest BCUT2D eigenvalue weighted by Gasteiger charge is 2.20. The van der Waals surface area contributed by atoms with E-state index in [1.165, 1.54) is 12.1 Å². The number of aromatic amines is 1. The summed E-state index contributed by atoms with van der Waals surface area (Å²) in [5.41, 5.74) is 11.5. The third-order valence-corrected chi connectivity index (χ3v) is 2.96. The third kappa shape index (κ3) is 2.62. The minimum Gasteiger partial charge on any atom is -0.370 e. The molecule has 2 rings (SSSR count). The average Bonchev–Trinajstić information content (AvgIpc) is 2.84. The molecule has 6 N–H and O–H groups in total. The summed E-state index contributed by atoms with van der Waals surface area (Å²) in [6.07, 6.45) is 0.528. The van der Waals surface area contributed by atoms with E-state index in [0.717, 1.165) is 4.90 Å². The number of fused-ring (bicyclic) bond motifs is 1. The number of hydrogen-bond acceptors (Lipinski definition) is 3. The first kappa shape index (κ1) is 14.0. The Morgan fingerprint density at radius 2 is 2.20 bits per heavy atom. The predicted octanol–water partition coefficient (Wildman–Crippen LogP) is 0.991. The number of nitrogens with two attached hydrogens (primary N) is 2. The van der Waals surface area contributed by atoms with Crippen LogP contribution in [0.15, 0.2) is 24.3 Å².